The maximum atomic E-state index is 9.36. The second-order valence-electron chi connectivity index (χ2n) is 2.35. The van der Waals surface area contributed by atoms with Crippen LogP contribution in [0.5, 0.6) is 11.5 Å². The monoisotopic (exact) mass is 181 g/mol. The second-order valence-corrected chi connectivity index (χ2v) is 2.35. The maximum absolute atomic E-state index is 9.36. The molecule has 1 N–H and O–H groups in total. The van der Waals surface area contributed by atoms with E-state index in [2.05, 4.69) is 9.99 Å². The highest BCUT2D eigenvalue weighted by atomic mass is 16.6. The van der Waals surface area contributed by atoms with Crippen LogP contribution in [0.15, 0.2) is 23.4 Å². The largest absolute Gasteiger partial charge is 0.504 e. The van der Waals surface area contributed by atoms with Crippen LogP contribution in [-0.2, 0) is 4.84 Å². The van der Waals surface area contributed by atoms with Gasteiger partial charge in [0.25, 0.3) is 0 Å². The molecule has 0 heterocycles. The van der Waals surface area contributed by atoms with E-state index in [1.165, 1.54) is 20.4 Å². The molecule has 4 nitrogen and oxygen atoms in total. The summed E-state index contributed by atoms with van der Waals surface area (Å²) in [6.45, 7) is 0. The minimum absolute atomic E-state index is 0.0857. The summed E-state index contributed by atoms with van der Waals surface area (Å²) in [5, 5.41) is 12.9. The topological polar surface area (TPSA) is 51.0 Å². The lowest BCUT2D eigenvalue weighted by Gasteiger charge is -2.02. The summed E-state index contributed by atoms with van der Waals surface area (Å²) >= 11 is 0. The molecule has 0 aromatic heterocycles. The molecule has 0 fully saturated rings. The van der Waals surface area contributed by atoms with E-state index >= 15 is 0 Å². The van der Waals surface area contributed by atoms with Gasteiger partial charge in [0.2, 0.25) is 0 Å². The van der Waals surface area contributed by atoms with Crippen molar-refractivity contribution in [3.63, 3.8) is 0 Å². The first-order chi connectivity index (χ1) is 6.27. The van der Waals surface area contributed by atoms with E-state index in [0.29, 0.717) is 5.75 Å². The summed E-state index contributed by atoms with van der Waals surface area (Å²) in [6, 6.07) is 4.97. The molecule has 0 aliphatic heterocycles. The summed E-state index contributed by atoms with van der Waals surface area (Å²) in [6.07, 6.45) is 1.50. The molecule has 1 rings (SSSR count). The van der Waals surface area contributed by atoms with Gasteiger partial charge in [-0.2, -0.15) is 0 Å². The molecule has 13 heavy (non-hydrogen) atoms. The van der Waals surface area contributed by atoms with Crippen LogP contribution in [-0.4, -0.2) is 25.5 Å². The lowest BCUT2D eigenvalue weighted by Crippen LogP contribution is -1.86. The fourth-order valence-corrected chi connectivity index (χ4v) is 0.901. The maximum Gasteiger partial charge on any atom is 0.160 e. The van der Waals surface area contributed by atoms with Crippen molar-refractivity contribution in [3.8, 4) is 11.5 Å². The van der Waals surface area contributed by atoms with Gasteiger partial charge in [-0.15, -0.1) is 0 Å². The molecule has 1 aromatic carbocycles. The summed E-state index contributed by atoms with van der Waals surface area (Å²) < 4.78 is 4.88. The minimum atomic E-state index is 0.0857. The van der Waals surface area contributed by atoms with Gasteiger partial charge in [-0.25, -0.2) is 0 Å². The van der Waals surface area contributed by atoms with E-state index in [4.69, 9.17) is 4.74 Å². The molecule has 0 aliphatic carbocycles. The Labute approximate surface area is 76.4 Å². The summed E-state index contributed by atoms with van der Waals surface area (Å²) in [5.74, 6) is 0.525. The Bertz CT molecular complexity index is 310. The predicted molar refractivity (Wildman–Crippen MR) is 49.3 cm³/mol. The van der Waals surface area contributed by atoms with E-state index in [1.807, 2.05) is 0 Å². The Morgan fingerprint density at radius 3 is 2.69 bits per heavy atom. The number of phenolic OH excluding ortho intramolecular Hbond substituents is 1. The van der Waals surface area contributed by atoms with Crippen molar-refractivity contribution in [3.05, 3.63) is 23.8 Å². The molecule has 0 saturated heterocycles. The molecule has 0 amide bonds. The smallest absolute Gasteiger partial charge is 0.160 e. The quantitative estimate of drug-likeness (QED) is 0.566. The number of oxime groups is 1. The zero-order valence-corrected chi connectivity index (χ0v) is 7.52. The molecule has 70 valence electrons. The summed E-state index contributed by atoms with van der Waals surface area (Å²) in [7, 11) is 2.96. The fraction of sp³-hybridized carbons (Fsp3) is 0.222. The van der Waals surface area contributed by atoms with E-state index in [0.717, 1.165) is 5.56 Å². The van der Waals surface area contributed by atoms with E-state index in [-0.39, 0.29) is 5.75 Å². The van der Waals surface area contributed by atoms with E-state index in [1.54, 1.807) is 18.2 Å². The van der Waals surface area contributed by atoms with Crippen molar-refractivity contribution in [1.29, 1.82) is 0 Å². The van der Waals surface area contributed by atoms with Gasteiger partial charge in [-0.3, -0.25) is 0 Å². The molecule has 0 saturated carbocycles. The Balaban J connectivity index is 2.89. The van der Waals surface area contributed by atoms with Crippen LogP contribution in [0.25, 0.3) is 0 Å². The second kappa shape index (κ2) is 4.35. The Morgan fingerprint density at radius 2 is 2.15 bits per heavy atom. The standard InChI is InChI=1S/C9H11NO3/c1-12-9-4-3-7(5-8(9)11)6-10-13-2/h3-6,11H,1-2H3/b10-6+. The zero-order valence-electron chi connectivity index (χ0n) is 7.52. The first-order valence-corrected chi connectivity index (χ1v) is 3.71. The van der Waals surface area contributed by atoms with Gasteiger partial charge in [0.05, 0.1) is 13.3 Å². The molecular weight excluding hydrogens is 170 g/mol. The first kappa shape index (κ1) is 9.38. The molecule has 4 heteroatoms. The molecule has 0 unspecified atom stereocenters. The number of aromatic hydroxyl groups is 1. The number of phenols is 1. The average Bonchev–Trinajstić information content (AvgIpc) is 2.15. The van der Waals surface area contributed by atoms with Crippen molar-refractivity contribution in [2.75, 3.05) is 14.2 Å². The fourth-order valence-electron chi connectivity index (χ4n) is 0.901. The molecule has 0 radical (unpaired) electrons. The number of hydrogen-bond donors (Lipinski definition) is 1. The Hall–Kier alpha value is -1.71. The van der Waals surface area contributed by atoms with Crippen LogP contribution < -0.4 is 4.74 Å². The van der Waals surface area contributed by atoms with E-state index < -0.39 is 0 Å². The number of benzene rings is 1. The zero-order chi connectivity index (χ0) is 9.68. The van der Waals surface area contributed by atoms with Crippen molar-refractivity contribution < 1.29 is 14.7 Å². The van der Waals surface area contributed by atoms with Crippen molar-refractivity contribution >= 4 is 6.21 Å². The van der Waals surface area contributed by atoms with E-state index in [9.17, 15) is 5.11 Å². The third kappa shape index (κ3) is 2.37. The van der Waals surface area contributed by atoms with Gasteiger partial charge < -0.3 is 14.7 Å². The minimum Gasteiger partial charge on any atom is -0.504 e. The highest BCUT2D eigenvalue weighted by molar-refractivity contribution is 5.80. The van der Waals surface area contributed by atoms with Crippen LogP contribution >= 0.6 is 0 Å². The van der Waals surface area contributed by atoms with Crippen LogP contribution in [0.4, 0.5) is 0 Å². The molecule has 0 aliphatic rings. The molecular formula is C9H11NO3. The summed E-state index contributed by atoms with van der Waals surface area (Å²) in [5.41, 5.74) is 0.750. The Morgan fingerprint density at radius 1 is 1.38 bits per heavy atom. The van der Waals surface area contributed by atoms with Crippen molar-refractivity contribution in [1.82, 2.24) is 0 Å². The molecule has 0 atom stereocenters. The van der Waals surface area contributed by atoms with Gasteiger partial charge in [0.15, 0.2) is 11.5 Å². The van der Waals surface area contributed by atoms with Gasteiger partial charge in [-0.05, 0) is 23.8 Å². The number of nitrogens with zero attached hydrogens (tertiary/aromatic N) is 1. The van der Waals surface area contributed by atoms with Crippen LogP contribution in [0.1, 0.15) is 5.56 Å². The third-order valence-electron chi connectivity index (χ3n) is 1.51. The molecule has 0 spiro atoms. The van der Waals surface area contributed by atoms with Gasteiger partial charge in [0, 0.05) is 0 Å². The third-order valence-corrected chi connectivity index (χ3v) is 1.51. The molecule has 0 bridgehead atoms. The molecule has 1 aromatic rings. The van der Waals surface area contributed by atoms with Crippen LogP contribution in [0.3, 0.4) is 0 Å². The lowest BCUT2D eigenvalue weighted by atomic mass is 10.2. The number of rotatable bonds is 3. The van der Waals surface area contributed by atoms with Crippen molar-refractivity contribution in [2.45, 2.75) is 0 Å². The highest BCUT2D eigenvalue weighted by Crippen LogP contribution is 2.25. The summed E-state index contributed by atoms with van der Waals surface area (Å²) in [4.78, 5) is 4.50. The number of hydrogen-bond acceptors (Lipinski definition) is 4. The van der Waals surface area contributed by atoms with Gasteiger partial charge in [-0.1, -0.05) is 5.16 Å². The van der Waals surface area contributed by atoms with Crippen molar-refractivity contribution in [2.24, 2.45) is 5.16 Å². The Kier molecular flexibility index (Phi) is 3.14. The predicted octanol–water partition coefficient (Wildman–Crippen LogP) is 1.38. The van der Waals surface area contributed by atoms with Crippen LogP contribution in [0.2, 0.25) is 0 Å². The first-order valence-electron chi connectivity index (χ1n) is 3.71. The SMILES string of the molecule is CO/N=C/c1ccc(OC)c(O)c1. The highest BCUT2D eigenvalue weighted by Gasteiger charge is 2.00. The van der Waals surface area contributed by atoms with Gasteiger partial charge in [0.1, 0.15) is 7.11 Å². The van der Waals surface area contributed by atoms with Gasteiger partial charge >= 0.3 is 0 Å². The lowest BCUT2D eigenvalue weighted by molar-refractivity contribution is 0.215. The van der Waals surface area contributed by atoms with Crippen LogP contribution in [0, 0.1) is 0 Å². The number of ether oxygens (including phenoxy) is 1. The number of methoxy groups -OCH3 is 1. The normalized spacial score (nSPS) is 10.3. The average molecular weight is 181 g/mol.